The molecule has 24 heavy (non-hydrogen) atoms. The summed E-state index contributed by atoms with van der Waals surface area (Å²) in [5.74, 6) is -0.826. The minimum atomic E-state index is -1.13. The number of nitrogens with zero attached hydrogens (tertiary/aromatic N) is 1. The minimum Gasteiger partial charge on any atom is -0.386 e. The highest BCUT2D eigenvalue weighted by Crippen LogP contribution is 2.24. The molecule has 0 heterocycles. The molecule has 124 valence electrons. The summed E-state index contributed by atoms with van der Waals surface area (Å²) in [6, 6.07) is 14.8. The van der Waals surface area contributed by atoms with E-state index in [1.54, 1.807) is 44.2 Å². The number of aliphatic hydroxyl groups is 1. The summed E-state index contributed by atoms with van der Waals surface area (Å²) in [6.07, 6.45) is -1.13. The maximum Gasteiger partial charge on any atom is 0.230 e. The van der Waals surface area contributed by atoms with Crippen LogP contribution in [0.5, 0.6) is 0 Å². The van der Waals surface area contributed by atoms with Gasteiger partial charge in [0.25, 0.3) is 0 Å². The van der Waals surface area contributed by atoms with Crippen LogP contribution in [0.25, 0.3) is 0 Å². The van der Waals surface area contributed by atoms with Crippen LogP contribution in [0, 0.1) is 17.1 Å². The highest BCUT2D eigenvalue weighted by atomic mass is 19.1. The van der Waals surface area contributed by atoms with Gasteiger partial charge in [-0.1, -0.05) is 30.3 Å². The van der Waals surface area contributed by atoms with E-state index < -0.39 is 17.3 Å². The molecule has 1 unspecified atom stereocenters. The van der Waals surface area contributed by atoms with Crippen molar-refractivity contribution in [1.29, 1.82) is 5.26 Å². The fourth-order valence-corrected chi connectivity index (χ4v) is 2.37. The lowest BCUT2D eigenvalue weighted by Crippen LogP contribution is -2.41. The van der Waals surface area contributed by atoms with E-state index in [0.717, 1.165) is 0 Å². The molecule has 0 saturated carbocycles. The van der Waals surface area contributed by atoms with E-state index in [4.69, 9.17) is 5.26 Å². The van der Waals surface area contributed by atoms with Crippen LogP contribution in [0.2, 0.25) is 0 Å². The first-order chi connectivity index (χ1) is 11.4. The number of aliphatic hydroxyl groups excluding tert-OH is 1. The summed E-state index contributed by atoms with van der Waals surface area (Å²) in [4.78, 5) is 12.5. The zero-order valence-corrected chi connectivity index (χ0v) is 13.6. The summed E-state index contributed by atoms with van der Waals surface area (Å²) >= 11 is 0. The highest BCUT2D eigenvalue weighted by Gasteiger charge is 2.30. The van der Waals surface area contributed by atoms with Gasteiger partial charge in [-0.3, -0.25) is 4.79 Å². The van der Waals surface area contributed by atoms with Crippen LogP contribution in [-0.4, -0.2) is 17.6 Å². The molecule has 2 aromatic rings. The third kappa shape index (κ3) is 3.79. The minimum absolute atomic E-state index is 0.0961. The number of rotatable bonds is 5. The van der Waals surface area contributed by atoms with E-state index >= 15 is 0 Å². The summed E-state index contributed by atoms with van der Waals surface area (Å²) in [7, 11) is 0. The van der Waals surface area contributed by atoms with Gasteiger partial charge in [0.05, 0.1) is 23.2 Å². The quantitative estimate of drug-likeness (QED) is 0.887. The first kappa shape index (κ1) is 17.6. The maximum absolute atomic E-state index is 13.6. The molecule has 4 nitrogen and oxygen atoms in total. The van der Waals surface area contributed by atoms with Crippen molar-refractivity contribution in [3.8, 4) is 6.07 Å². The third-order valence-electron chi connectivity index (χ3n) is 4.00. The smallest absolute Gasteiger partial charge is 0.230 e. The molecule has 0 aliphatic carbocycles. The predicted octanol–water partition coefficient (Wildman–Crippen LogP) is 2.82. The summed E-state index contributed by atoms with van der Waals surface area (Å²) in [5, 5.41) is 21.7. The number of benzene rings is 2. The average Bonchev–Trinajstić information content (AvgIpc) is 2.59. The van der Waals surface area contributed by atoms with Crippen molar-refractivity contribution in [3.63, 3.8) is 0 Å². The molecule has 0 fully saturated rings. The lowest BCUT2D eigenvalue weighted by atomic mass is 9.83. The highest BCUT2D eigenvalue weighted by molar-refractivity contribution is 5.87. The maximum atomic E-state index is 13.6. The van der Waals surface area contributed by atoms with Gasteiger partial charge in [0.2, 0.25) is 5.91 Å². The molecule has 0 bridgehead atoms. The van der Waals surface area contributed by atoms with Crippen molar-refractivity contribution < 1.29 is 14.3 Å². The third-order valence-corrected chi connectivity index (χ3v) is 4.00. The number of amides is 1. The van der Waals surface area contributed by atoms with Gasteiger partial charge in [-0.2, -0.15) is 5.26 Å². The van der Waals surface area contributed by atoms with Gasteiger partial charge in [-0.05, 0) is 37.6 Å². The second-order valence-corrected chi connectivity index (χ2v) is 6.06. The van der Waals surface area contributed by atoms with Crippen LogP contribution < -0.4 is 5.32 Å². The van der Waals surface area contributed by atoms with Gasteiger partial charge in [-0.25, -0.2) is 4.39 Å². The summed E-state index contributed by atoms with van der Waals surface area (Å²) in [6.45, 7) is 3.36. The molecule has 0 aromatic heterocycles. The van der Waals surface area contributed by atoms with Crippen LogP contribution in [0.4, 0.5) is 4.39 Å². The van der Waals surface area contributed by atoms with E-state index in [2.05, 4.69) is 5.32 Å². The van der Waals surface area contributed by atoms with Crippen molar-refractivity contribution in [2.75, 3.05) is 6.54 Å². The largest absolute Gasteiger partial charge is 0.386 e. The Bertz CT molecular complexity index is 781. The second-order valence-electron chi connectivity index (χ2n) is 6.06. The number of hydrogen-bond acceptors (Lipinski definition) is 3. The summed E-state index contributed by atoms with van der Waals surface area (Å²) < 4.78 is 13.6. The van der Waals surface area contributed by atoms with Crippen molar-refractivity contribution in [1.82, 2.24) is 5.32 Å². The Morgan fingerprint density at radius 2 is 2.00 bits per heavy atom. The normalized spacial score (nSPS) is 12.3. The van der Waals surface area contributed by atoms with Crippen LogP contribution >= 0.6 is 0 Å². The molecule has 5 heteroatoms. The molecule has 0 aliphatic heterocycles. The Balaban J connectivity index is 2.08. The van der Waals surface area contributed by atoms with Crippen LogP contribution in [0.3, 0.4) is 0 Å². The van der Waals surface area contributed by atoms with Crippen LogP contribution in [0.15, 0.2) is 48.5 Å². The lowest BCUT2D eigenvalue weighted by Gasteiger charge is -2.25. The van der Waals surface area contributed by atoms with E-state index in [1.165, 1.54) is 18.2 Å². The van der Waals surface area contributed by atoms with Gasteiger partial charge < -0.3 is 10.4 Å². The number of hydrogen-bond donors (Lipinski definition) is 2. The fraction of sp³-hybridized carbons (Fsp3) is 0.263. The molecule has 1 amide bonds. The first-order valence-corrected chi connectivity index (χ1v) is 7.57. The molecule has 2 aromatic carbocycles. The zero-order valence-electron chi connectivity index (χ0n) is 13.6. The fourth-order valence-electron chi connectivity index (χ4n) is 2.37. The molecular formula is C19H19FN2O2. The predicted molar refractivity (Wildman–Crippen MR) is 88.6 cm³/mol. The van der Waals surface area contributed by atoms with Gasteiger partial charge in [0.15, 0.2) is 0 Å². The molecule has 0 radical (unpaired) electrons. The topological polar surface area (TPSA) is 73.1 Å². The molecule has 1 atom stereocenters. The molecule has 2 rings (SSSR count). The van der Waals surface area contributed by atoms with Crippen LogP contribution in [-0.2, 0) is 10.2 Å². The van der Waals surface area contributed by atoms with E-state index in [1.807, 2.05) is 6.07 Å². The Kier molecular flexibility index (Phi) is 5.32. The van der Waals surface area contributed by atoms with Crippen molar-refractivity contribution in [3.05, 3.63) is 71.0 Å². The van der Waals surface area contributed by atoms with E-state index in [-0.39, 0.29) is 18.0 Å². The van der Waals surface area contributed by atoms with Crippen molar-refractivity contribution in [2.45, 2.75) is 25.4 Å². The zero-order chi connectivity index (χ0) is 17.7. The van der Waals surface area contributed by atoms with Gasteiger partial charge in [0, 0.05) is 12.1 Å². The number of carbonyl (C=O) groups excluding carboxylic acids is 1. The van der Waals surface area contributed by atoms with Crippen molar-refractivity contribution in [2.24, 2.45) is 0 Å². The summed E-state index contributed by atoms with van der Waals surface area (Å²) in [5.41, 5.74) is 0.420. The Morgan fingerprint density at radius 3 is 2.67 bits per heavy atom. The molecule has 0 aliphatic rings. The molecule has 0 spiro atoms. The van der Waals surface area contributed by atoms with E-state index in [9.17, 15) is 14.3 Å². The molecular weight excluding hydrogens is 307 g/mol. The molecule has 0 saturated heterocycles. The second kappa shape index (κ2) is 7.24. The van der Waals surface area contributed by atoms with Gasteiger partial charge in [-0.15, -0.1) is 0 Å². The van der Waals surface area contributed by atoms with Crippen LogP contribution in [0.1, 0.15) is 36.6 Å². The average molecular weight is 326 g/mol. The monoisotopic (exact) mass is 326 g/mol. The van der Waals surface area contributed by atoms with E-state index in [0.29, 0.717) is 11.1 Å². The van der Waals surface area contributed by atoms with Crippen molar-refractivity contribution >= 4 is 5.91 Å². The first-order valence-electron chi connectivity index (χ1n) is 7.57. The number of nitriles is 1. The SMILES string of the molecule is CC(C)(C(=O)NCC(O)c1ccccc1F)c1cccc(C#N)c1. The Labute approximate surface area is 140 Å². The van der Waals surface area contributed by atoms with Gasteiger partial charge in [0.1, 0.15) is 5.82 Å². The number of nitrogens with one attached hydrogen (secondary N) is 1. The molecule has 2 N–H and O–H groups in total. The Hall–Kier alpha value is -2.71. The standard InChI is InChI=1S/C19H19FN2O2/c1-19(2,14-7-5-6-13(10-14)11-21)18(24)22-12-17(23)15-8-3-4-9-16(15)20/h3-10,17,23H,12H2,1-2H3,(H,22,24). The number of halogens is 1. The number of carbonyl (C=O) groups is 1. The van der Waals surface area contributed by atoms with Gasteiger partial charge >= 0.3 is 0 Å². The Morgan fingerprint density at radius 1 is 1.29 bits per heavy atom. The lowest BCUT2D eigenvalue weighted by molar-refractivity contribution is -0.126.